The maximum absolute atomic E-state index is 10.2. The maximum Gasteiger partial charge on any atom is 0.191 e. The first-order valence-electron chi connectivity index (χ1n) is 8.25. The molecule has 2 rings (SSSR count). The fraction of sp³-hybridized carbons (Fsp3) is 0.389. The van der Waals surface area contributed by atoms with Crippen LogP contribution < -0.4 is 10.6 Å². The maximum atomic E-state index is 10.2. The van der Waals surface area contributed by atoms with E-state index >= 15 is 0 Å². The van der Waals surface area contributed by atoms with Crippen LogP contribution in [0.1, 0.15) is 29.4 Å². The van der Waals surface area contributed by atoms with Crippen LogP contribution in [0.15, 0.2) is 47.5 Å². The number of aliphatic imine (C=N–C) groups is 1. The Labute approximate surface area is 180 Å². The summed E-state index contributed by atoms with van der Waals surface area (Å²) in [6.45, 7) is 3.51. The summed E-state index contributed by atoms with van der Waals surface area (Å²) in [5.41, 5.74) is 1.05. The number of thiophene rings is 1. The molecule has 2 atom stereocenters. The summed E-state index contributed by atoms with van der Waals surface area (Å²) in [6.07, 6.45) is -0.649. The number of hydrogen-bond donors (Lipinski definition) is 4. The minimum Gasteiger partial charge on any atom is -0.396 e. The summed E-state index contributed by atoms with van der Waals surface area (Å²) in [7, 11) is 0. The zero-order valence-corrected chi connectivity index (χ0v) is 18.5. The molecule has 4 N–H and O–H groups in total. The molecule has 1 aromatic heterocycles. The molecule has 0 spiro atoms. The van der Waals surface area contributed by atoms with Crippen molar-refractivity contribution in [2.75, 3.05) is 26.2 Å². The molecular formula is C18H25ClIN3O2S. The zero-order valence-electron chi connectivity index (χ0n) is 14.6. The van der Waals surface area contributed by atoms with E-state index in [9.17, 15) is 10.2 Å². The van der Waals surface area contributed by atoms with Gasteiger partial charge in [-0.05, 0) is 24.6 Å². The minimum absolute atomic E-state index is 0. The Bertz CT molecular complexity index is 669. The highest BCUT2D eigenvalue weighted by Crippen LogP contribution is 2.26. The van der Waals surface area contributed by atoms with E-state index in [-0.39, 0.29) is 36.5 Å². The lowest BCUT2D eigenvalue weighted by Gasteiger charge is -2.16. The molecular weight excluding hydrogens is 485 g/mol. The smallest absolute Gasteiger partial charge is 0.191 e. The summed E-state index contributed by atoms with van der Waals surface area (Å²) in [5, 5.41) is 26.1. The van der Waals surface area contributed by atoms with E-state index in [0.717, 1.165) is 10.4 Å². The normalized spacial score (nSPS) is 13.6. The van der Waals surface area contributed by atoms with Crippen LogP contribution in [-0.2, 0) is 0 Å². The first kappa shape index (κ1) is 23.2. The second-order valence-electron chi connectivity index (χ2n) is 5.55. The molecule has 0 fully saturated rings. The fourth-order valence-corrected chi connectivity index (χ4v) is 3.39. The summed E-state index contributed by atoms with van der Waals surface area (Å²) in [4.78, 5) is 5.34. The Morgan fingerprint density at radius 3 is 2.50 bits per heavy atom. The van der Waals surface area contributed by atoms with Gasteiger partial charge >= 0.3 is 0 Å². The van der Waals surface area contributed by atoms with E-state index in [1.54, 1.807) is 6.07 Å². The van der Waals surface area contributed by atoms with Gasteiger partial charge in [-0.25, -0.2) is 0 Å². The van der Waals surface area contributed by atoms with E-state index in [2.05, 4.69) is 15.6 Å². The SMILES string of the molecule is CCNC(=NCC(CO)c1ccccc1)NCC(O)c1ccc(Cl)s1.I. The van der Waals surface area contributed by atoms with Crippen LogP contribution in [0, 0.1) is 0 Å². The van der Waals surface area contributed by atoms with Crippen molar-refractivity contribution in [3.05, 3.63) is 57.2 Å². The molecule has 0 bridgehead atoms. The second kappa shape index (κ2) is 12.5. The summed E-state index contributed by atoms with van der Waals surface area (Å²) >= 11 is 7.27. The van der Waals surface area contributed by atoms with E-state index in [1.165, 1.54) is 11.3 Å². The van der Waals surface area contributed by atoms with E-state index in [1.807, 2.05) is 43.3 Å². The molecule has 0 radical (unpaired) electrons. The lowest BCUT2D eigenvalue weighted by molar-refractivity contribution is 0.184. The van der Waals surface area contributed by atoms with Crippen molar-refractivity contribution in [1.82, 2.24) is 10.6 Å². The van der Waals surface area contributed by atoms with Crippen molar-refractivity contribution in [3.8, 4) is 0 Å². The number of hydrogen-bond acceptors (Lipinski definition) is 4. The van der Waals surface area contributed by atoms with Gasteiger partial charge in [0.1, 0.15) is 6.10 Å². The first-order chi connectivity index (χ1) is 12.1. The zero-order chi connectivity index (χ0) is 18.1. The van der Waals surface area contributed by atoms with Gasteiger partial charge < -0.3 is 20.8 Å². The summed E-state index contributed by atoms with van der Waals surface area (Å²) in [6, 6.07) is 13.4. The monoisotopic (exact) mass is 509 g/mol. The van der Waals surface area contributed by atoms with Gasteiger partial charge in [-0.1, -0.05) is 41.9 Å². The average molecular weight is 510 g/mol. The lowest BCUT2D eigenvalue weighted by atomic mass is 10.0. The number of guanidine groups is 1. The average Bonchev–Trinajstić information content (AvgIpc) is 3.07. The highest BCUT2D eigenvalue weighted by Gasteiger charge is 2.12. The Balaban J connectivity index is 0.00000338. The molecule has 0 saturated heterocycles. The van der Waals surface area contributed by atoms with Gasteiger partial charge in [0.15, 0.2) is 5.96 Å². The highest BCUT2D eigenvalue weighted by molar-refractivity contribution is 14.0. The van der Waals surface area contributed by atoms with Crippen LogP contribution in [0.3, 0.4) is 0 Å². The van der Waals surface area contributed by atoms with Crippen molar-refractivity contribution in [2.45, 2.75) is 18.9 Å². The van der Waals surface area contributed by atoms with Gasteiger partial charge in [0.05, 0.1) is 17.5 Å². The van der Waals surface area contributed by atoms with Crippen molar-refractivity contribution in [2.24, 2.45) is 4.99 Å². The number of rotatable bonds is 8. The van der Waals surface area contributed by atoms with Crippen LogP contribution in [-0.4, -0.2) is 42.4 Å². The van der Waals surface area contributed by atoms with Crippen molar-refractivity contribution < 1.29 is 10.2 Å². The van der Waals surface area contributed by atoms with Gasteiger partial charge in [-0.15, -0.1) is 35.3 Å². The Kier molecular flexibility index (Phi) is 11.1. The lowest BCUT2D eigenvalue weighted by Crippen LogP contribution is -2.39. The van der Waals surface area contributed by atoms with E-state index < -0.39 is 6.10 Å². The molecule has 2 unspecified atom stereocenters. The number of aliphatic hydroxyl groups is 2. The molecule has 0 saturated carbocycles. The van der Waals surface area contributed by atoms with Gasteiger partial charge in [0.25, 0.3) is 0 Å². The molecule has 1 heterocycles. The number of benzene rings is 1. The molecule has 0 aliphatic heterocycles. The van der Waals surface area contributed by atoms with E-state index in [4.69, 9.17) is 11.6 Å². The number of halogens is 2. The predicted molar refractivity (Wildman–Crippen MR) is 120 cm³/mol. The largest absolute Gasteiger partial charge is 0.396 e. The molecule has 144 valence electrons. The van der Waals surface area contributed by atoms with Crippen LogP contribution >= 0.6 is 46.9 Å². The quantitative estimate of drug-likeness (QED) is 0.250. The van der Waals surface area contributed by atoms with Crippen LogP contribution in [0.25, 0.3) is 0 Å². The number of nitrogens with zero attached hydrogens (tertiary/aromatic N) is 1. The van der Waals surface area contributed by atoms with E-state index in [0.29, 0.717) is 29.9 Å². The van der Waals surface area contributed by atoms with Crippen molar-refractivity contribution >= 4 is 52.9 Å². The Morgan fingerprint density at radius 1 is 1.19 bits per heavy atom. The molecule has 8 heteroatoms. The van der Waals surface area contributed by atoms with Crippen molar-refractivity contribution in [1.29, 1.82) is 0 Å². The fourth-order valence-electron chi connectivity index (χ4n) is 2.34. The highest BCUT2D eigenvalue weighted by atomic mass is 127. The molecule has 0 amide bonds. The topological polar surface area (TPSA) is 76.9 Å². The molecule has 0 aliphatic rings. The Hall–Kier alpha value is -0.870. The second-order valence-corrected chi connectivity index (χ2v) is 7.30. The van der Waals surface area contributed by atoms with Crippen LogP contribution in [0.5, 0.6) is 0 Å². The molecule has 5 nitrogen and oxygen atoms in total. The third-order valence-corrected chi connectivity index (χ3v) is 5.02. The Morgan fingerprint density at radius 2 is 1.92 bits per heavy atom. The standard InChI is InChI=1S/C18H24ClN3O2S.HI/c1-2-20-18(22-11-15(24)16-8-9-17(19)25-16)21-10-14(12-23)13-6-4-3-5-7-13;/h3-9,14-15,23-24H,2,10-12H2,1H3,(H2,20,21,22);1H. The van der Waals surface area contributed by atoms with Crippen LogP contribution in [0.4, 0.5) is 0 Å². The first-order valence-corrected chi connectivity index (χ1v) is 9.44. The summed E-state index contributed by atoms with van der Waals surface area (Å²) in [5.74, 6) is 0.552. The van der Waals surface area contributed by atoms with Gasteiger partial charge in [-0.2, -0.15) is 0 Å². The van der Waals surface area contributed by atoms with Crippen LogP contribution in [0.2, 0.25) is 4.34 Å². The number of nitrogens with one attached hydrogen (secondary N) is 2. The summed E-state index contributed by atoms with van der Waals surface area (Å²) < 4.78 is 0.656. The van der Waals surface area contributed by atoms with Gasteiger partial charge in [0.2, 0.25) is 0 Å². The third kappa shape index (κ3) is 7.40. The predicted octanol–water partition coefficient (Wildman–Crippen LogP) is 3.38. The minimum atomic E-state index is -0.649. The molecule has 26 heavy (non-hydrogen) atoms. The molecule has 0 aliphatic carbocycles. The third-order valence-electron chi connectivity index (χ3n) is 3.69. The van der Waals surface area contributed by atoms with Gasteiger partial charge in [-0.3, -0.25) is 4.99 Å². The molecule has 2 aromatic rings. The number of aliphatic hydroxyl groups excluding tert-OH is 2. The van der Waals surface area contributed by atoms with Gasteiger partial charge in [0, 0.05) is 23.9 Å². The molecule has 1 aromatic carbocycles. The van der Waals surface area contributed by atoms with Crippen molar-refractivity contribution in [3.63, 3.8) is 0 Å².